The SMILES string of the molecule is CCCNCC(C)OCCC(C)(C)OC. The average Bonchev–Trinajstić information content (AvgIpc) is 2.18. The van der Waals surface area contributed by atoms with Crippen LogP contribution in [-0.4, -0.2) is 38.5 Å². The lowest BCUT2D eigenvalue weighted by molar-refractivity contribution is -0.0229. The van der Waals surface area contributed by atoms with E-state index >= 15 is 0 Å². The van der Waals surface area contributed by atoms with Crippen LogP contribution >= 0.6 is 0 Å². The van der Waals surface area contributed by atoms with Gasteiger partial charge in [-0.2, -0.15) is 0 Å². The largest absolute Gasteiger partial charge is 0.379 e. The van der Waals surface area contributed by atoms with E-state index in [1.54, 1.807) is 7.11 Å². The maximum Gasteiger partial charge on any atom is 0.0671 e. The van der Waals surface area contributed by atoms with E-state index in [9.17, 15) is 0 Å². The highest BCUT2D eigenvalue weighted by Crippen LogP contribution is 2.12. The third-order valence-corrected chi connectivity index (χ3v) is 2.52. The molecule has 92 valence electrons. The second-order valence-electron chi connectivity index (χ2n) is 4.60. The van der Waals surface area contributed by atoms with Crippen LogP contribution in [0.1, 0.15) is 40.5 Å². The average molecular weight is 217 g/mol. The molecule has 1 atom stereocenters. The lowest BCUT2D eigenvalue weighted by Crippen LogP contribution is -2.30. The van der Waals surface area contributed by atoms with Crippen molar-refractivity contribution in [3.05, 3.63) is 0 Å². The minimum absolute atomic E-state index is 0.0729. The van der Waals surface area contributed by atoms with E-state index in [-0.39, 0.29) is 11.7 Å². The molecule has 0 aliphatic carbocycles. The second-order valence-corrected chi connectivity index (χ2v) is 4.60. The quantitative estimate of drug-likeness (QED) is 0.601. The normalized spacial score (nSPS) is 14.2. The van der Waals surface area contributed by atoms with E-state index in [2.05, 4.69) is 33.0 Å². The van der Waals surface area contributed by atoms with E-state index in [1.807, 2.05) is 0 Å². The number of ether oxygens (including phenoxy) is 2. The highest BCUT2D eigenvalue weighted by atomic mass is 16.5. The lowest BCUT2D eigenvalue weighted by Gasteiger charge is -2.23. The minimum Gasteiger partial charge on any atom is -0.379 e. The molecule has 0 saturated heterocycles. The molecule has 0 aromatic heterocycles. The predicted molar refractivity (Wildman–Crippen MR) is 64.3 cm³/mol. The van der Waals surface area contributed by atoms with Gasteiger partial charge in [-0.1, -0.05) is 6.92 Å². The van der Waals surface area contributed by atoms with Gasteiger partial charge in [0.05, 0.1) is 11.7 Å². The van der Waals surface area contributed by atoms with E-state index in [1.165, 1.54) is 6.42 Å². The molecule has 0 aromatic rings. The van der Waals surface area contributed by atoms with Crippen LogP contribution in [0.2, 0.25) is 0 Å². The first-order valence-electron chi connectivity index (χ1n) is 5.89. The van der Waals surface area contributed by atoms with Gasteiger partial charge in [-0.3, -0.25) is 0 Å². The van der Waals surface area contributed by atoms with Crippen LogP contribution in [0.25, 0.3) is 0 Å². The summed E-state index contributed by atoms with van der Waals surface area (Å²) < 4.78 is 11.0. The summed E-state index contributed by atoms with van der Waals surface area (Å²) in [4.78, 5) is 0. The van der Waals surface area contributed by atoms with Crippen molar-refractivity contribution in [3.63, 3.8) is 0 Å². The van der Waals surface area contributed by atoms with Crippen molar-refractivity contribution in [1.82, 2.24) is 5.32 Å². The molecule has 1 unspecified atom stereocenters. The molecule has 0 spiro atoms. The first-order valence-corrected chi connectivity index (χ1v) is 5.89. The zero-order chi connectivity index (χ0) is 11.7. The Morgan fingerprint density at radius 1 is 1.33 bits per heavy atom. The Hall–Kier alpha value is -0.120. The molecule has 0 fully saturated rings. The van der Waals surface area contributed by atoms with Crippen LogP contribution in [0.3, 0.4) is 0 Å². The van der Waals surface area contributed by atoms with Gasteiger partial charge in [-0.05, 0) is 40.2 Å². The van der Waals surface area contributed by atoms with Crippen molar-refractivity contribution < 1.29 is 9.47 Å². The first kappa shape index (κ1) is 14.9. The van der Waals surface area contributed by atoms with E-state index in [0.717, 1.165) is 26.1 Å². The predicted octanol–water partition coefficient (Wildman–Crippen LogP) is 2.21. The second kappa shape index (κ2) is 8.08. The Morgan fingerprint density at radius 2 is 2.00 bits per heavy atom. The smallest absolute Gasteiger partial charge is 0.0671 e. The molecular formula is C12H27NO2. The minimum atomic E-state index is -0.0729. The van der Waals surface area contributed by atoms with Gasteiger partial charge in [0, 0.05) is 20.3 Å². The fraction of sp³-hybridized carbons (Fsp3) is 1.00. The molecule has 0 rings (SSSR count). The molecule has 1 N–H and O–H groups in total. The zero-order valence-electron chi connectivity index (χ0n) is 10.9. The number of methoxy groups -OCH3 is 1. The molecule has 0 radical (unpaired) electrons. The number of nitrogens with one attached hydrogen (secondary N) is 1. The Kier molecular flexibility index (Phi) is 8.02. The summed E-state index contributed by atoms with van der Waals surface area (Å²) in [6.45, 7) is 11.2. The van der Waals surface area contributed by atoms with Gasteiger partial charge >= 0.3 is 0 Å². The Balaban J connectivity index is 3.42. The maximum absolute atomic E-state index is 5.68. The Morgan fingerprint density at radius 3 is 2.53 bits per heavy atom. The van der Waals surface area contributed by atoms with E-state index in [4.69, 9.17) is 9.47 Å². The topological polar surface area (TPSA) is 30.5 Å². The highest BCUT2D eigenvalue weighted by Gasteiger charge is 2.16. The Bertz CT molecular complexity index is 149. The monoisotopic (exact) mass is 217 g/mol. The fourth-order valence-electron chi connectivity index (χ4n) is 1.15. The fourth-order valence-corrected chi connectivity index (χ4v) is 1.15. The summed E-state index contributed by atoms with van der Waals surface area (Å²) in [5, 5.41) is 3.34. The zero-order valence-corrected chi connectivity index (χ0v) is 10.9. The van der Waals surface area contributed by atoms with Crippen molar-refractivity contribution >= 4 is 0 Å². The molecule has 0 saturated carbocycles. The molecular weight excluding hydrogens is 190 g/mol. The van der Waals surface area contributed by atoms with Crippen LogP contribution in [0.4, 0.5) is 0 Å². The Labute approximate surface area is 94.5 Å². The molecule has 3 heteroatoms. The molecule has 0 heterocycles. The first-order chi connectivity index (χ1) is 7.02. The number of hydrogen-bond acceptors (Lipinski definition) is 3. The standard InChI is InChI=1S/C12H27NO2/c1-6-8-13-10-11(2)15-9-7-12(3,4)14-5/h11,13H,6-10H2,1-5H3. The van der Waals surface area contributed by atoms with E-state index in [0.29, 0.717) is 0 Å². The summed E-state index contributed by atoms with van der Waals surface area (Å²) >= 11 is 0. The van der Waals surface area contributed by atoms with Gasteiger partial charge in [-0.15, -0.1) is 0 Å². The van der Waals surface area contributed by atoms with Crippen molar-refractivity contribution in [2.45, 2.75) is 52.2 Å². The van der Waals surface area contributed by atoms with Crippen molar-refractivity contribution in [3.8, 4) is 0 Å². The van der Waals surface area contributed by atoms with E-state index < -0.39 is 0 Å². The molecule has 0 aliphatic heterocycles. The molecule has 0 aromatic carbocycles. The molecule has 0 bridgehead atoms. The van der Waals surface area contributed by atoms with Crippen LogP contribution in [0, 0.1) is 0 Å². The van der Waals surface area contributed by atoms with Crippen molar-refractivity contribution in [1.29, 1.82) is 0 Å². The van der Waals surface area contributed by atoms with Gasteiger partial charge < -0.3 is 14.8 Å². The summed E-state index contributed by atoms with van der Waals surface area (Å²) in [7, 11) is 1.74. The number of rotatable bonds is 9. The molecule has 0 amide bonds. The van der Waals surface area contributed by atoms with Gasteiger partial charge in [0.1, 0.15) is 0 Å². The summed E-state index contributed by atoms with van der Waals surface area (Å²) in [6.07, 6.45) is 2.38. The summed E-state index contributed by atoms with van der Waals surface area (Å²) in [5.41, 5.74) is -0.0729. The van der Waals surface area contributed by atoms with Crippen molar-refractivity contribution in [2.75, 3.05) is 26.8 Å². The summed E-state index contributed by atoms with van der Waals surface area (Å²) in [6, 6.07) is 0. The molecule has 0 aliphatic rings. The van der Waals surface area contributed by atoms with Crippen LogP contribution < -0.4 is 5.32 Å². The van der Waals surface area contributed by atoms with Gasteiger partial charge in [0.2, 0.25) is 0 Å². The van der Waals surface area contributed by atoms with Gasteiger partial charge in [0.25, 0.3) is 0 Å². The van der Waals surface area contributed by atoms with Gasteiger partial charge in [0.15, 0.2) is 0 Å². The summed E-state index contributed by atoms with van der Waals surface area (Å²) in [5.74, 6) is 0. The third kappa shape index (κ3) is 8.85. The lowest BCUT2D eigenvalue weighted by atomic mass is 10.1. The van der Waals surface area contributed by atoms with Crippen molar-refractivity contribution in [2.24, 2.45) is 0 Å². The maximum atomic E-state index is 5.68. The van der Waals surface area contributed by atoms with Gasteiger partial charge in [-0.25, -0.2) is 0 Å². The molecule has 3 nitrogen and oxygen atoms in total. The van der Waals surface area contributed by atoms with Crippen LogP contribution in [0.15, 0.2) is 0 Å². The highest BCUT2D eigenvalue weighted by molar-refractivity contribution is 4.67. The number of hydrogen-bond donors (Lipinski definition) is 1. The van der Waals surface area contributed by atoms with Crippen LogP contribution in [0.5, 0.6) is 0 Å². The molecule has 15 heavy (non-hydrogen) atoms. The third-order valence-electron chi connectivity index (χ3n) is 2.52. The van der Waals surface area contributed by atoms with Crippen LogP contribution in [-0.2, 0) is 9.47 Å².